The summed E-state index contributed by atoms with van der Waals surface area (Å²) in [6, 6.07) is 0. The minimum atomic E-state index is -0.0425. The number of carbonyl (C=O) groups excluding carboxylic acids is 1. The van der Waals surface area contributed by atoms with Crippen molar-refractivity contribution in [3.63, 3.8) is 0 Å². The van der Waals surface area contributed by atoms with Crippen molar-refractivity contribution in [1.29, 1.82) is 0 Å². The third-order valence-corrected chi connectivity index (χ3v) is 11.7. The molecule has 5 rings (SSSR count). The van der Waals surface area contributed by atoms with Crippen LogP contribution in [-0.2, 0) is 4.79 Å². The Morgan fingerprint density at radius 3 is 2.50 bits per heavy atom. The summed E-state index contributed by atoms with van der Waals surface area (Å²) in [4.78, 5) is 14.8. The maximum Gasteiger partial charge on any atom is 0.222 e. The highest BCUT2D eigenvalue weighted by molar-refractivity contribution is 5.76. The normalized spacial score (nSPS) is 47.3. The van der Waals surface area contributed by atoms with E-state index in [0.29, 0.717) is 22.7 Å². The molecule has 4 saturated carbocycles. The Morgan fingerprint density at radius 2 is 1.72 bits per heavy atom. The summed E-state index contributed by atoms with van der Waals surface area (Å²) >= 11 is 0. The van der Waals surface area contributed by atoms with Crippen molar-refractivity contribution in [2.24, 2.45) is 46.3 Å². The molecule has 9 atom stereocenters. The number of aliphatic hydroxyl groups is 1. The van der Waals surface area contributed by atoms with Crippen molar-refractivity contribution >= 4 is 5.91 Å². The van der Waals surface area contributed by atoms with E-state index in [-0.39, 0.29) is 6.10 Å². The van der Waals surface area contributed by atoms with Gasteiger partial charge in [0.25, 0.3) is 0 Å². The standard InChI is InChI=1S/C28H48N2O2/c1-19(4-9-26(32)30-16-14-29-15-17-30)23-7-8-24-22-6-5-20-18-21(31)10-12-27(20,2)25(22)11-13-28(23,24)3/h19-25,29,31H,4-18H2,1-3H3/t19-,20+,21+,22+,23-,24+,25+,27+,28-/m1/s1. The molecular formula is C28H48N2O2. The number of hydrogen-bond acceptors (Lipinski definition) is 3. The molecule has 0 aromatic rings. The summed E-state index contributed by atoms with van der Waals surface area (Å²) in [5.41, 5.74) is 0.957. The second-order valence-corrected chi connectivity index (χ2v) is 13.0. The van der Waals surface area contributed by atoms with Crippen molar-refractivity contribution in [1.82, 2.24) is 10.2 Å². The van der Waals surface area contributed by atoms with E-state index in [9.17, 15) is 9.90 Å². The molecule has 4 nitrogen and oxygen atoms in total. The van der Waals surface area contributed by atoms with Crippen molar-refractivity contribution in [2.75, 3.05) is 26.2 Å². The number of hydrogen-bond donors (Lipinski definition) is 2. The van der Waals surface area contributed by atoms with Gasteiger partial charge in [0.1, 0.15) is 0 Å². The molecule has 0 bridgehead atoms. The van der Waals surface area contributed by atoms with E-state index in [1.165, 1.54) is 44.9 Å². The molecule has 0 radical (unpaired) electrons. The highest BCUT2D eigenvalue weighted by Gasteiger charge is 2.60. The van der Waals surface area contributed by atoms with Gasteiger partial charge in [0, 0.05) is 32.6 Å². The molecule has 2 N–H and O–H groups in total. The van der Waals surface area contributed by atoms with Crippen LogP contribution in [0, 0.1) is 46.3 Å². The number of nitrogens with one attached hydrogen (secondary N) is 1. The molecule has 0 unspecified atom stereocenters. The number of amides is 1. The Hall–Kier alpha value is -0.610. The van der Waals surface area contributed by atoms with Crippen LogP contribution in [0.25, 0.3) is 0 Å². The maximum atomic E-state index is 12.7. The first-order chi connectivity index (χ1) is 15.3. The number of rotatable bonds is 4. The molecule has 0 aromatic carbocycles. The van der Waals surface area contributed by atoms with E-state index in [1.807, 2.05) is 0 Å². The second kappa shape index (κ2) is 8.87. The number of carbonyl (C=O) groups is 1. The zero-order chi connectivity index (χ0) is 22.5. The Kier molecular flexibility index (Phi) is 6.42. The van der Waals surface area contributed by atoms with Crippen LogP contribution in [0.3, 0.4) is 0 Å². The predicted molar refractivity (Wildman–Crippen MR) is 129 cm³/mol. The van der Waals surface area contributed by atoms with Crippen molar-refractivity contribution in [3.8, 4) is 0 Å². The molecule has 5 fully saturated rings. The van der Waals surface area contributed by atoms with Crippen LogP contribution in [0.4, 0.5) is 0 Å². The summed E-state index contributed by atoms with van der Waals surface area (Å²) in [6.07, 6.45) is 13.5. The number of fused-ring (bicyclic) bond motifs is 5. The van der Waals surface area contributed by atoms with Gasteiger partial charge in [-0.3, -0.25) is 4.79 Å². The molecule has 0 aromatic heterocycles. The van der Waals surface area contributed by atoms with Crippen molar-refractivity contribution < 1.29 is 9.90 Å². The molecular weight excluding hydrogens is 396 g/mol. The Morgan fingerprint density at radius 1 is 1.00 bits per heavy atom. The van der Waals surface area contributed by atoms with Crippen LogP contribution in [0.2, 0.25) is 0 Å². The average Bonchev–Trinajstić information content (AvgIpc) is 3.15. The first-order valence-corrected chi connectivity index (χ1v) is 14.0. The highest BCUT2D eigenvalue weighted by atomic mass is 16.3. The topological polar surface area (TPSA) is 52.6 Å². The summed E-state index contributed by atoms with van der Waals surface area (Å²) in [6.45, 7) is 11.4. The van der Waals surface area contributed by atoms with Gasteiger partial charge in [-0.25, -0.2) is 0 Å². The monoisotopic (exact) mass is 444 g/mol. The lowest BCUT2D eigenvalue weighted by Gasteiger charge is -2.61. The van der Waals surface area contributed by atoms with E-state index in [0.717, 1.165) is 81.5 Å². The first-order valence-electron chi connectivity index (χ1n) is 14.0. The van der Waals surface area contributed by atoms with E-state index >= 15 is 0 Å². The third kappa shape index (κ3) is 3.85. The van der Waals surface area contributed by atoms with Gasteiger partial charge in [-0.05, 0) is 111 Å². The zero-order valence-electron chi connectivity index (χ0n) is 21.0. The molecule has 32 heavy (non-hydrogen) atoms. The quantitative estimate of drug-likeness (QED) is 0.651. The minimum absolute atomic E-state index is 0.0425. The van der Waals surface area contributed by atoms with Crippen molar-refractivity contribution in [2.45, 2.75) is 97.5 Å². The van der Waals surface area contributed by atoms with E-state index in [4.69, 9.17) is 0 Å². The first kappa shape index (κ1) is 23.1. The Balaban J connectivity index is 1.23. The molecule has 4 aliphatic carbocycles. The van der Waals surface area contributed by atoms with E-state index < -0.39 is 0 Å². The smallest absolute Gasteiger partial charge is 0.222 e. The van der Waals surface area contributed by atoms with Gasteiger partial charge < -0.3 is 15.3 Å². The molecule has 1 amide bonds. The van der Waals surface area contributed by atoms with Crippen LogP contribution >= 0.6 is 0 Å². The fourth-order valence-corrected chi connectivity index (χ4v) is 9.84. The van der Waals surface area contributed by atoms with Gasteiger partial charge in [0.15, 0.2) is 0 Å². The Bertz CT molecular complexity index is 691. The fraction of sp³-hybridized carbons (Fsp3) is 0.964. The predicted octanol–water partition coefficient (Wildman–Crippen LogP) is 4.85. The van der Waals surface area contributed by atoms with Crippen LogP contribution in [0.1, 0.15) is 91.4 Å². The maximum absolute atomic E-state index is 12.7. The number of aliphatic hydroxyl groups excluding tert-OH is 1. The van der Waals surface area contributed by atoms with Crippen LogP contribution < -0.4 is 5.32 Å². The summed E-state index contributed by atoms with van der Waals surface area (Å²) in [7, 11) is 0. The van der Waals surface area contributed by atoms with Gasteiger partial charge >= 0.3 is 0 Å². The van der Waals surface area contributed by atoms with Gasteiger partial charge in [0.2, 0.25) is 5.91 Å². The van der Waals surface area contributed by atoms with E-state index in [1.54, 1.807) is 0 Å². The molecule has 1 aliphatic heterocycles. The second-order valence-electron chi connectivity index (χ2n) is 13.0. The molecule has 1 saturated heterocycles. The molecule has 5 aliphatic rings. The lowest BCUT2D eigenvalue weighted by molar-refractivity contribution is -0.133. The van der Waals surface area contributed by atoms with Gasteiger partial charge in [-0.2, -0.15) is 0 Å². The summed E-state index contributed by atoms with van der Waals surface area (Å²) in [5.74, 6) is 5.27. The Labute approximate surface area is 196 Å². The number of piperazine rings is 1. The minimum Gasteiger partial charge on any atom is -0.393 e. The highest BCUT2D eigenvalue weighted by Crippen LogP contribution is 2.68. The van der Waals surface area contributed by atoms with Crippen LogP contribution in [-0.4, -0.2) is 48.2 Å². The summed E-state index contributed by atoms with van der Waals surface area (Å²) in [5, 5.41) is 13.6. The SMILES string of the molecule is C[C@H](CCC(=O)N1CCNCC1)[C@H]1CC[C@H]2[C@@H]3CC[C@H]4C[C@@H](O)CC[C@]4(C)[C@H]3CC[C@]12C. The lowest BCUT2D eigenvalue weighted by Crippen LogP contribution is -2.54. The average molecular weight is 445 g/mol. The van der Waals surface area contributed by atoms with Gasteiger partial charge in [-0.1, -0.05) is 20.8 Å². The van der Waals surface area contributed by atoms with Gasteiger partial charge in [-0.15, -0.1) is 0 Å². The third-order valence-electron chi connectivity index (χ3n) is 11.7. The molecule has 1 heterocycles. The zero-order valence-corrected chi connectivity index (χ0v) is 21.0. The van der Waals surface area contributed by atoms with Crippen LogP contribution in [0.5, 0.6) is 0 Å². The van der Waals surface area contributed by atoms with Gasteiger partial charge in [0.05, 0.1) is 6.10 Å². The summed E-state index contributed by atoms with van der Waals surface area (Å²) < 4.78 is 0. The largest absolute Gasteiger partial charge is 0.393 e. The molecule has 182 valence electrons. The molecule has 0 spiro atoms. The van der Waals surface area contributed by atoms with Crippen LogP contribution in [0.15, 0.2) is 0 Å². The van der Waals surface area contributed by atoms with Crippen molar-refractivity contribution in [3.05, 3.63) is 0 Å². The molecule has 4 heteroatoms. The number of nitrogens with zero attached hydrogens (tertiary/aromatic N) is 1. The fourth-order valence-electron chi connectivity index (χ4n) is 9.84. The van der Waals surface area contributed by atoms with E-state index in [2.05, 4.69) is 31.0 Å². The lowest BCUT2D eigenvalue weighted by atomic mass is 9.44.